The fourth-order valence-corrected chi connectivity index (χ4v) is 4.23. The van der Waals surface area contributed by atoms with Crippen molar-refractivity contribution < 1.29 is 24.1 Å². The summed E-state index contributed by atoms with van der Waals surface area (Å²) in [5, 5.41) is 24.9. The van der Waals surface area contributed by atoms with Gasteiger partial charge in [-0.25, -0.2) is 9.37 Å². The van der Waals surface area contributed by atoms with Crippen molar-refractivity contribution in [2.24, 2.45) is 0 Å². The average molecular weight is 456 g/mol. The van der Waals surface area contributed by atoms with E-state index in [1.807, 2.05) is 0 Å². The molecule has 3 heterocycles. The zero-order valence-electron chi connectivity index (χ0n) is 15.9. The van der Waals surface area contributed by atoms with Crippen molar-refractivity contribution in [3.63, 3.8) is 0 Å². The van der Waals surface area contributed by atoms with Crippen molar-refractivity contribution in [3.05, 3.63) is 45.8 Å². The molecule has 160 valence electrons. The van der Waals surface area contributed by atoms with E-state index in [1.165, 1.54) is 18.3 Å². The number of aliphatic hydroxyl groups is 2. The van der Waals surface area contributed by atoms with Crippen LogP contribution in [0.25, 0.3) is 0 Å². The molecule has 0 spiro atoms. The maximum absolute atomic E-state index is 14.0. The van der Waals surface area contributed by atoms with Gasteiger partial charge in [-0.15, -0.1) is 0 Å². The molecule has 2 aromatic rings. The molecule has 2 aliphatic rings. The Morgan fingerprint density at radius 3 is 2.90 bits per heavy atom. The van der Waals surface area contributed by atoms with E-state index >= 15 is 0 Å². The van der Waals surface area contributed by atoms with Crippen molar-refractivity contribution in [2.75, 3.05) is 29.9 Å². The second kappa shape index (κ2) is 8.19. The molecule has 10 heteroatoms. The highest BCUT2D eigenvalue weighted by Crippen LogP contribution is 2.35. The minimum Gasteiger partial charge on any atom is -0.490 e. The quantitative estimate of drug-likeness (QED) is 0.655. The summed E-state index contributed by atoms with van der Waals surface area (Å²) in [7, 11) is 0. The van der Waals surface area contributed by atoms with Gasteiger partial charge in [-0.3, -0.25) is 4.79 Å². The molecule has 0 saturated carbocycles. The molecule has 0 bridgehead atoms. The van der Waals surface area contributed by atoms with Gasteiger partial charge in [-0.2, -0.15) is 0 Å². The summed E-state index contributed by atoms with van der Waals surface area (Å²) < 4.78 is 19.8. The lowest BCUT2D eigenvalue weighted by molar-refractivity contribution is -0.116. The number of rotatable bonds is 4. The number of anilines is 2. The highest BCUT2D eigenvalue weighted by Gasteiger charge is 2.42. The Kier molecular flexibility index (Phi) is 5.76. The van der Waals surface area contributed by atoms with Crippen LogP contribution in [0.1, 0.15) is 18.4 Å². The molecule has 0 radical (unpaired) electrons. The number of hydrogen-bond donors (Lipinski definition) is 3. The van der Waals surface area contributed by atoms with E-state index in [-0.39, 0.29) is 37.6 Å². The van der Waals surface area contributed by atoms with Crippen molar-refractivity contribution >= 4 is 40.6 Å². The maximum atomic E-state index is 14.0. The number of benzene rings is 1. The van der Waals surface area contributed by atoms with E-state index in [0.717, 1.165) is 0 Å². The third-order valence-corrected chi connectivity index (χ3v) is 5.96. The number of hydrogen-bond acceptors (Lipinski definition) is 6. The van der Waals surface area contributed by atoms with E-state index in [4.69, 9.17) is 27.9 Å². The molecule has 0 unspecified atom stereocenters. The van der Waals surface area contributed by atoms with Gasteiger partial charge in [0.1, 0.15) is 35.7 Å². The van der Waals surface area contributed by atoms with E-state index in [9.17, 15) is 19.4 Å². The third kappa shape index (κ3) is 4.05. The number of piperidine rings is 1. The Hall–Kier alpha value is -2.13. The number of nitrogens with one attached hydrogen (secondary N) is 1. The summed E-state index contributed by atoms with van der Waals surface area (Å²) in [6, 6.07) is 4.24. The van der Waals surface area contributed by atoms with Crippen LogP contribution in [0.4, 0.5) is 15.9 Å². The first-order valence-corrected chi connectivity index (χ1v) is 10.2. The SMILES string of the molecule is O=C1CCc2c(OC[C@]3(O)CCN(c4ncc(Cl)cc4Cl)C[C@H]3O)ccc(F)c2N1. The molecule has 30 heavy (non-hydrogen) atoms. The first-order valence-electron chi connectivity index (χ1n) is 9.47. The lowest BCUT2D eigenvalue weighted by atomic mass is 9.89. The predicted octanol–water partition coefficient (Wildman–Crippen LogP) is 2.79. The number of aromatic nitrogens is 1. The van der Waals surface area contributed by atoms with Gasteiger partial charge < -0.3 is 25.2 Å². The minimum absolute atomic E-state index is 0.103. The third-order valence-electron chi connectivity index (χ3n) is 5.48. The van der Waals surface area contributed by atoms with E-state index < -0.39 is 17.5 Å². The Morgan fingerprint density at radius 2 is 2.17 bits per heavy atom. The number of carbonyl (C=O) groups is 1. The molecular weight excluding hydrogens is 436 g/mol. The minimum atomic E-state index is -1.51. The smallest absolute Gasteiger partial charge is 0.224 e. The van der Waals surface area contributed by atoms with Crippen LogP contribution in [-0.2, 0) is 11.2 Å². The van der Waals surface area contributed by atoms with Crippen LogP contribution in [0, 0.1) is 5.82 Å². The van der Waals surface area contributed by atoms with Gasteiger partial charge in [0.15, 0.2) is 0 Å². The lowest BCUT2D eigenvalue weighted by Crippen LogP contribution is -2.58. The van der Waals surface area contributed by atoms with Gasteiger partial charge in [0, 0.05) is 31.3 Å². The number of carbonyl (C=O) groups excluding carboxylic acids is 1. The number of fused-ring (bicyclic) bond motifs is 1. The van der Waals surface area contributed by atoms with Crippen LogP contribution in [-0.4, -0.2) is 52.5 Å². The van der Waals surface area contributed by atoms with Crippen LogP contribution in [0.3, 0.4) is 0 Å². The van der Waals surface area contributed by atoms with E-state index in [2.05, 4.69) is 10.3 Å². The van der Waals surface area contributed by atoms with Gasteiger partial charge in [0.05, 0.1) is 15.7 Å². The zero-order chi connectivity index (χ0) is 21.5. The van der Waals surface area contributed by atoms with Crippen molar-refractivity contribution in [1.82, 2.24) is 4.98 Å². The zero-order valence-corrected chi connectivity index (χ0v) is 17.4. The molecule has 2 atom stereocenters. The van der Waals surface area contributed by atoms with Crippen molar-refractivity contribution in [2.45, 2.75) is 31.0 Å². The summed E-state index contributed by atoms with van der Waals surface area (Å²) in [6.45, 7) is 0.310. The lowest BCUT2D eigenvalue weighted by Gasteiger charge is -2.42. The van der Waals surface area contributed by atoms with E-state index in [1.54, 1.807) is 11.0 Å². The molecule has 1 saturated heterocycles. The summed E-state index contributed by atoms with van der Waals surface area (Å²) in [5.41, 5.74) is -0.856. The van der Waals surface area contributed by atoms with Crippen molar-refractivity contribution in [1.29, 1.82) is 0 Å². The Balaban J connectivity index is 1.46. The van der Waals surface area contributed by atoms with Gasteiger partial charge in [0.2, 0.25) is 5.91 Å². The first kappa shape index (κ1) is 21.1. The number of nitrogens with zero attached hydrogens (tertiary/aromatic N) is 2. The second-order valence-corrected chi connectivity index (χ2v) is 8.35. The maximum Gasteiger partial charge on any atom is 0.224 e. The summed E-state index contributed by atoms with van der Waals surface area (Å²) in [5.74, 6) is 0.0579. The van der Waals surface area contributed by atoms with Crippen LogP contribution < -0.4 is 15.0 Å². The number of amides is 1. The molecule has 3 N–H and O–H groups in total. The normalized spacial score (nSPS) is 23.7. The van der Waals surface area contributed by atoms with Crippen LogP contribution >= 0.6 is 23.2 Å². The second-order valence-electron chi connectivity index (χ2n) is 7.51. The van der Waals surface area contributed by atoms with Gasteiger partial charge in [-0.05, 0) is 31.0 Å². The summed E-state index contributed by atoms with van der Waals surface area (Å²) >= 11 is 12.1. The molecule has 4 rings (SSSR count). The number of β-amino-alcohol motifs (C(OH)–C–C–N with tert-alkyl or cyclic N) is 1. The molecule has 2 aliphatic heterocycles. The van der Waals surface area contributed by atoms with Gasteiger partial charge in [-0.1, -0.05) is 23.2 Å². The average Bonchev–Trinajstić information content (AvgIpc) is 2.70. The standard InChI is InChI=1S/C20H20Cl2FN3O4/c21-11-7-13(22)19(24-8-11)26-6-5-20(29,16(27)9-26)10-30-15-3-2-14(23)18-12(15)1-4-17(28)25-18/h2-3,7-8,16,27,29H,1,4-6,9-10H2,(H,25,28)/t16-,20-/m1/s1. The van der Waals surface area contributed by atoms with Gasteiger partial charge >= 0.3 is 0 Å². The highest BCUT2D eigenvalue weighted by atomic mass is 35.5. The predicted molar refractivity (Wildman–Crippen MR) is 111 cm³/mol. The molecule has 0 aliphatic carbocycles. The summed E-state index contributed by atoms with van der Waals surface area (Å²) in [4.78, 5) is 17.5. The Labute approximate surface area is 182 Å². The number of halogens is 3. The monoisotopic (exact) mass is 455 g/mol. The largest absolute Gasteiger partial charge is 0.490 e. The topological polar surface area (TPSA) is 94.9 Å². The molecule has 1 aromatic heterocycles. The number of ether oxygens (including phenoxy) is 1. The van der Waals surface area contributed by atoms with Crippen LogP contribution in [0.2, 0.25) is 10.0 Å². The van der Waals surface area contributed by atoms with E-state index in [0.29, 0.717) is 40.1 Å². The fraction of sp³-hybridized carbons (Fsp3) is 0.400. The van der Waals surface area contributed by atoms with Crippen molar-refractivity contribution in [3.8, 4) is 5.75 Å². The fourth-order valence-electron chi connectivity index (χ4n) is 3.73. The molecule has 1 amide bonds. The summed E-state index contributed by atoms with van der Waals surface area (Å²) in [6.07, 6.45) is 1.10. The van der Waals surface area contributed by atoms with Gasteiger partial charge in [0.25, 0.3) is 0 Å². The Morgan fingerprint density at radius 1 is 1.37 bits per heavy atom. The molecule has 1 fully saturated rings. The molecule has 1 aromatic carbocycles. The highest BCUT2D eigenvalue weighted by molar-refractivity contribution is 6.36. The van der Waals surface area contributed by atoms with Crippen LogP contribution in [0.5, 0.6) is 5.75 Å². The Bertz CT molecular complexity index is 993. The first-order chi connectivity index (χ1) is 14.3. The number of aliphatic hydroxyl groups excluding tert-OH is 1. The number of pyridine rings is 1. The molecular formula is C20H20Cl2FN3O4. The molecule has 7 nitrogen and oxygen atoms in total. The van der Waals surface area contributed by atoms with Crippen LogP contribution in [0.15, 0.2) is 24.4 Å².